The zero-order chi connectivity index (χ0) is 16.8. The number of hydrogen-bond acceptors (Lipinski definition) is 6. The summed E-state index contributed by atoms with van der Waals surface area (Å²) < 4.78 is 9.67. The van der Waals surface area contributed by atoms with Crippen molar-refractivity contribution in [1.29, 1.82) is 0 Å². The van der Waals surface area contributed by atoms with Crippen molar-refractivity contribution in [3.8, 4) is 0 Å². The number of carbonyl (C=O) groups is 1. The zero-order valence-electron chi connectivity index (χ0n) is 13.7. The van der Waals surface area contributed by atoms with Crippen LogP contribution in [-0.2, 0) is 11.3 Å². The molecule has 7 heteroatoms. The number of nitrogens with one attached hydrogen (secondary N) is 1. The number of nitrogens with zero attached hydrogens (tertiary/aromatic N) is 3. The highest BCUT2D eigenvalue weighted by molar-refractivity contribution is 7.03. The molecule has 1 aliphatic heterocycles. The van der Waals surface area contributed by atoms with Crippen molar-refractivity contribution in [3.63, 3.8) is 0 Å². The van der Waals surface area contributed by atoms with Gasteiger partial charge in [-0.15, -0.1) is 5.10 Å². The predicted octanol–water partition coefficient (Wildman–Crippen LogP) is 1.95. The predicted molar refractivity (Wildman–Crippen MR) is 92.9 cm³/mol. The summed E-state index contributed by atoms with van der Waals surface area (Å²) in [4.78, 5) is 14.6. The fraction of sp³-hybridized carbons (Fsp3) is 0.471. The Balaban J connectivity index is 1.58. The lowest BCUT2D eigenvalue weighted by atomic mass is 10.1. The van der Waals surface area contributed by atoms with Gasteiger partial charge in [0.15, 0.2) is 5.69 Å². The van der Waals surface area contributed by atoms with Gasteiger partial charge in [-0.2, -0.15) is 0 Å². The van der Waals surface area contributed by atoms with Crippen molar-refractivity contribution >= 4 is 17.4 Å². The van der Waals surface area contributed by atoms with E-state index in [-0.39, 0.29) is 18.1 Å². The summed E-state index contributed by atoms with van der Waals surface area (Å²) in [5, 5.41) is 8.52. The van der Waals surface area contributed by atoms with E-state index in [1.807, 2.05) is 6.07 Å². The number of aromatic nitrogens is 2. The van der Waals surface area contributed by atoms with E-state index in [9.17, 15) is 4.79 Å². The Hall–Kier alpha value is -1.83. The molecule has 0 radical (unpaired) electrons. The molecule has 1 aromatic carbocycles. The van der Waals surface area contributed by atoms with Crippen molar-refractivity contribution in [1.82, 2.24) is 19.8 Å². The molecule has 3 rings (SSSR count). The Morgan fingerprint density at radius 1 is 1.46 bits per heavy atom. The maximum atomic E-state index is 12.2. The lowest BCUT2D eigenvalue weighted by Gasteiger charge is -2.37. The van der Waals surface area contributed by atoms with E-state index in [4.69, 9.17) is 4.74 Å². The summed E-state index contributed by atoms with van der Waals surface area (Å²) in [5.74, 6) is -0.181. The molecule has 6 nitrogen and oxygen atoms in total. The van der Waals surface area contributed by atoms with Gasteiger partial charge in [-0.05, 0) is 23.5 Å². The van der Waals surface area contributed by atoms with Crippen LogP contribution in [0.3, 0.4) is 0 Å². The Morgan fingerprint density at radius 3 is 3.00 bits per heavy atom. The normalized spacial score (nSPS) is 19.8. The summed E-state index contributed by atoms with van der Waals surface area (Å²) in [6.07, 6.45) is 0.802. The van der Waals surface area contributed by atoms with Gasteiger partial charge in [0.25, 0.3) is 5.91 Å². The number of rotatable bonds is 6. The van der Waals surface area contributed by atoms with E-state index in [1.165, 1.54) is 17.1 Å². The van der Waals surface area contributed by atoms with Gasteiger partial charge >= 0.3 is 0 Å². The number of carbonyl (C=O) groups excluding carboxylic acids is 1. The first-order chi connectivity index (χ1) is 11.8. The van der Waals surface area contributed by atoms with Gasteiger partial charge < -0.3 is 10.1 Å². The van der Waals surface area contributed by atoms with E-state index in [2.05, 4.69) is 51.0 Å². The third-order valence-corrected chi connectivity index (χ3v) is 4.73. The van der Waals surface area contributed by atoms with Crippen LogP contribution in [0, 0.1) is 0 Å². The van der Waals surface area contributed by atoms with Crippen LogP contribution < -0.4 is 5.32 Å². The third kappa shape index (κ3) is 4.37. The van der Waals surface area contributed by atoms with Crippen molar-refractivity contribution in [2.75, 3.05) is 19.7 Å². The lowest BCUT2D eigenvalue weighted by molar-refractivity contribution is -0.0483. The number of hydrogen-bond donors (Lipinski definition) is 1. The molecule has 2 heterocycles. The summed E-state index contributed by atoms with van der Waals surface area (Å²) >= 11 is 1.18. The van der Waals surface area contributed by atoms with Gasteiger partial charge in [-0.25, -0.2) is 0 Å². The van der Waals surface area contributed by atoms with E-state index in [0.717, 1.165) is 26.1 Å². The highest BCUT2D eigenvalue weighted by Crippen LogP contribution is 2.15. The second-order valence-corrected chi connectivity index (χ2v) is 6.52. The van der Waals surface area contributed by atoms with Gasteiger partial charge in [0, 0.05) is 25.0 Å². The summed E-state index contributed by atoms with van der Waals surface area (Å²) in [5.41, 5.74) is 1.67. The smallest absolute Gasteiger partial charge is 0.273 e. The Labute approximate surface area is 146 Å². The molecule has 0 saturated carbocycles. The molecule has 2 atom stereocenters. The van der Waals surface area contributed by atoms with Crippen LogP contribution in [0.4, 0.5) is 0 Å². The van der Waals surface area contributed by atoms with Crippen LogP contribution >= 0.6 is 11.5 Å². The lowest BCUT2D eigenvalue weighted by Crippen LogP contribution is -2.53. The van der Waals surface area contributed by atoms with Crippen molar-refractivity contribution in [3.05, 3.63) is 47.0 Å². The molecule has 24 heavy (non-hydrogen) atoms. The summed E-state index contributed by atoms with van der Waals surface area (Å²) in [7, 11) is 0. The second kappa shape index (κ2) is 8.32. The molecule has 2 aromatic rings. The largest absolute Gasteiger partial charge is 0.373 e. The standard InChI is InChI=1S/C17H22N4O2S/c1-2-14(18-17(22)15-12-24-20-19-15)16-11-21(8-9-23-16)10-13-6-4-3-5-7-13/h3-7,12,14,16H,2,8-11H2,1H3,(H,18,22)/t14-,16+/m0/s1. The molecule has 1 aromatic heterocycles. The van der Waals surface area contributed by atoms with Crippen LogP contribution in [0.5, 0.6) is 0 Å². The molecule has 1 N–H and O–H groups in total. The van der Waals surface area contributed by atoms with Crippen molar-refractivity contribution < 1.29 is 9.53 Å². The average molecular weight is 346 g/mol. The first kappa shape index (κ1) is 17.0. The minimum absolute atomic E-state index is 0.0111. The van der Waals surface area contributed by atoms with Crippen LogP contribution in [-0.4, -0.2) is 52.2 Å². The van der Waals surface area contributed by atoms with Crippen molar-refractivity contribution in [2.24, 2.45) is 0 Å². The van der Waals surface area contributed by atoms with Crippen LogP contribution in [0.15, 0.2) is 35.7 Å². The average Bonchev–Trinajstić information content (AvgIpc) is 3.15. The first-order valence-corrected chi connectivity index (χ1v) is 9.05. The topological polar surface area (TPSA) is 67.4 Å². The highest BCUT2D eigenvalue weighted by atomic mass is 32.1. The number of ether oxygens (including phenoxy) is 1. The van der Waals surface area contributed by atoms with Gasteiger partial charge in [0.05, 0.1) is 18.8 Å². The minimum atomic E-state index is -0.181. The van der Waals surface area contributed by atoms with Gasteiger partial charge in [0.1, 0.15) is 0 Å². The maximum Gasteiger partial charge on any atom is 0.273 e. The zero-order valence-corrected chi connectivity index (χ0v) is 14.5. The van der Waals surface area contributed by atoms with Gasteiger partial charge in [-0.3, -0.25) is 9.69 Å². The first-order valence-electron chi connectivity index (χ1n) is 8.22. The molecule has 0 bridgehead atoms. The Morgan fingerprint density at radius 2 is 2.29 bits per heavy atom. The quantitative estimate of drug-likeness (QED) is 0.866. The number of amides is 1. The van der Waals surface area contributed by atoms with Crippen molar-refractivity contribution in [2.45, 2.75) is 32.0 Å². The van der Waals surface area contributed by atoms with E-state index in [0.29, 0.717) is 12.3 Å². The van der Waals surface area contributed by atoms with Crippen LogP contribution in [0.25, 0.3) is 0 Å². The molecule has 1 saturated heterocycles. The fourth-order valence-corrected chi connectivity index (χ4v) is 3.36. The SMILES string of the molecule is CC[C@H](NC(=O)c1csnn1)[C@H]1CN(Cc2ccccc2)CCO1. The molecular weight excluding hydrogens is 324 g/mol. The fourth-order valence-electron chi connectivity index (χ4n) is 2.92. The molecule has 128 valence electrons. The number of morpholine rings is 1. The Bertz CT molecular complexity index is 635. The van der Waals surface area contributed by atoms with Crippen LogP contribution in [0.2, 0.25) is 0 Å². The van der Waals surface area contributed by atoms with Gasteiger partial charge in [0.2, 0.25) is 0 Å². The van der Waals surface area contributed by atoms with E-state index < -0.39 is 0 Å². The third-order valence-electron chi connectivity index (χ3n) is 4.22. The van der Waals surface area contributed by atoms with E-state index in [1.54, 1.807) is 5.38 Å². The summed E-state index contributed by atoms with van der Waals surface area (Å²) in [6.45, 7) is 5.36. The van der Waals surface area contributed by atoms with Gasteiger partial charge in [-0.1, -0.05) is 41.7 Å². The Kier molecular flexibility index (Phi) is 5.90. The maximum absolute atomic E-state index is 12.2. The number of benzene rings is 1. The molecule has 0 spiro atoms. The minimum Gasteiger partial charge on any atom is -0.373 e. The van der Waals surface area contributed by atoms with E-state index >= 15 is 0 Å². The second-order valence-electron chi connectivity index (χ2n) is 5.91. The monoisotopic (exact) mass is 346 g/mol. The highest BCUT2D eigenvalue weighted by Gasteiger charge is 2.29. The molecule has 0 aliphatic carbocycles. The summed E-state index contributed by atoms with van der Waals surface area (Å²) in [6, 6.07) is 10.4. The molecule has 1 fully saturated rings. The molecule has 0 unspecified atom stereocenters. The molecule has 1 amide bonds. The molecular formula is C17H22N4O2S. The molecule has 1 aliphatic rings. The van der Waals surface area contributed by atoms with Crippen LogP contribution in [0.1, 0.15) is 29.4 Å².